The molecule has 0 unspecified atom stereocenters. The Bertz CT molecular complexity index is 840. The van der Waals surface area contributed by atoms with E-state index in [1.807, 2.05) is 5.32 Å². The molecule has 0 radical (unpaired) electrons. The molecule has 1 N–H and O–H groups in total. The molecule has 5 nitrogen and oxygen atoms in total. The van der Waals surface area contributed by atoms with Crippen LogP contribution in [0, 0.1) is 0 Å². The molecule has 1 heterocycles. The molecule has 8 heteroatoms. The number of hydrogen-bond donors (Lipinski definition) is 1. The van der Waals surface area contributed by atoms with Gasteiger partial charge in [0.2, 0.25) is 5.91 Å². The van der Waals surface area contributed by atoms with Crippen LogP contribution in [0.25, 0.3) is 0 Å². The molecule has 1 aliphatic rings. The van der Waals surface area contributed by atoms with Crippen LogP contribution in [0.15, 0.2) is 54.6 Å². The molecule has 1 atom stereocenters. The Labute approximate surface area is 160 Å². The Morgan fingerprint density at radius 1 is 1.07 bits per heavy atom. The van der Waals surface area contributed by atoms with Crippen molar-refractivity contribution in [3.8, 4) is 5.75 Å². The normalized spacial score (nSPS) is 15.0. The summed E-state index contributed by atoms with van der Waals surface area (Å²) < 4.78 is 43.8. The molecule has 0 aromatic heterocycles. The number of para-hydroxylation sites is 2. The van der Waals surface area contributed by atoms with Crippen molar-refractivity contribution in [3.63, 3.8) is 0 Å². The third-order valence-electron chi connectivity index (χ3n) is 4.38. The maximum absolute atomic E-state index is 13.0. The maximum Gasteiger partial charge on any atom is 0.471 e. The standard InChI is InChI=1S/C20H19F3N2O3/c21-20(22,23)19(27)24-15(14-7-2-1-3-8-14)13-18(26)25-11-6-12-28-17-10-5-4-9-16(17)25/h1-5,7-10,15H,6,11-13H2,(H,24,27)/t15-/m0/s1. The van der Waals surface area contributed by atoms with Gasteiger partial charge < -0.3 is 15.0 Å². The van der Waals surface area contributed by atoms with Crippen LogP contribution in [0.1, 0.15) is 24.4 Å². The lowest BCUT2D eigenvalue weighted by Crippen LogP contribution is -2.42. The van der Waals surface area contributed by atoms with Crippen LogP contribution >= 0.6 is 0 Å². The number of carbonyl (C=O) groups excluding carboxylic acids is 2. The van der Waals surface area contributed by atoms with Crippen LogP contribution in [0.2, 0.25) is 0 Å². The average Bonchev–Trinajstić information content (AvgIpc) is 2.90. The van der Waals surface area contributed by atoms with E-state index in [0.29, 0.717) is 36.6 Å². The quantitative estimate of drug-likeness (QED) is 0.865. The van der Waals surface area contributed by atoms with E-state index < -0.39 is 24.0 Å². The van der Waals surface area contributed by atoms with Crippen LogP contribution in [-0.2, 0) is 9.59 Å². The SMILES string of the molecule is O=C(C[C@H](NC(=O)C(F)(F)F)c1ccccc1)N1CCCOc2ccccc21. The number of anilines is 1. The van der Waals surface area contributed by atoms with E-state index >= 15 is 0 Å². The summed E-state index contributed by atoms with van der Waals surface area (Å²) in [5, 5.41) is 1.94. The first-order chi connectivity index (χ1) is 13.4. The van der Waals surface area contributed by atoms with Crippen molar-refractivity contribution in [2.45, 2.75) is 25.1 Å². The summed E-state index contributed by atoms with van der Waals surface area (Å²) >= 11 is 0. The van der Waals surface area contributed by atoms with Gasteiger partial charge >= 0.3 is 12.1 Å². The third-order valence-corrected chi connectivity index (χ3v) is 4.38. The number of halogens is 3. The summed E-state index contributed by atoms with van der Waals surface area (Å²) in [6.45, 7) is 0.818. The fourth-order valence-corrected chi connectivity index (χ4v) is 3.05. The Morgan fingerprint density at radius 2 is 1.75 bits per heavy atom. The van der Waals surface area contributed by atoms with Crippen LogP contribution in [0.5, 0.6) is 5.75 Å². The number of nitrogens with zero attached hydrogens (tertiary/aromatic N) is 1. The second-order valence-electron chi connectivity index (χ2n) is 6.35. The van der Waals surface area contributed by atoms with Gasteiger partial charge in [-0.25, -0.2) is 0 Å². The summed E-state index contributed by atoms with van der Waals surface area (Å²) in [7, 11) is 0. The number of nitrogens with one attached hydrogen (secondary N) is 1. The number of fused-ring (bicyclic) bond motifs is 1. The summed E-state index contributed by atoms with van der Waals surface area (Å²) in [6, 6.07) is 14.0. The molecule has 2 amide bonds. The van der Waals surface area contributed by atoms with Gasteiger partial charge in [0, 0.05) is 6.54 Å². The second-order valence-corrected chi connectivity index (χ2v) is 6.35. The Hall–Kier alpha value is -3.03. The first-order valence-corrected chi connectivity index (χ1v) is 8.81. The molecule has 3 rings (SSSR count). The maximum atomic E-state index is 13.0. The highest BCUT2D eigenvalue weighted by molar-refractivity contribution is 5.95. The number of benzene rings is 2. The first-order valence-electron chi connectivity index (χ1n) is 8.81. The number of carbonyl (C=O) groups is 2. The van der Waals surface area contributed by atoms with Gasteiger partial charge in [-0.15, -0.1) is 0 Å². The highest BCUT2D eigenvalue weighted by Gasteiger charge is 2.40. The molecular formula is C20H19F3N2O3. The summed E-state index contributed by atoms with van der Waals surface area (Å²) in [5.41, 5.74) is 0.992. The predicted octanol–water partition coefficient (Wildman–Crippen LogP) is 3.61. The van der Waals surface area contributed by atoms with Crippen molar-refractivity contribution in [1.29, 1.82) is 0 Å². The lowest BCUT2D eigenvalue weighted by Gasteiger charge is -2.25. The van der Waals surface area contributed by atoms with Crippen molar-refractivity contribution in [2.24, 2.45) is 0 Å². The minimum absolute atomic E-state index is 0.305. The first kappa shape index (κ1) is 19.7. The fraction of sp³-hybridized carbons (Fsp3) is 0.300. The highest BCUT2D eigenvalue weighted by atomic mass is 19.4. The molecule has 0 fully saturated rings. The third kappa shape index (κ3) is 4.62. The van der Waals surface area contributed by atoms with Crippen molar-refractivity contribution in [1.82, 2.24) is 5.32 Å². The Kier molecular flexibility index (Phi) is 5.87. The lowest BCUT2D eigenvalue weighted by molar-refractivity contribution is -0.174. The molecular weight excluding hydrogens is 373 g/mol. The van der Waals surface area contributed by atoms with Crippen LogP contribution < -0.4 is 15.0 Å². The van der Waals surface area contributed by atoms with Crippen molar-refractivity contribution in [2.75, 3.05) is 18.1 Å². The zero-order chi connectivity index (χ0) is 20.1. The van der Waals surface area contributed by atoms with Crippen LogP contribution in [-0.4, -0.2) is 31.1 Å². The summed E-state index contributed by atoms with van der Waals surface area (Å²) in [4.78, 5) is 25.9. The van der Waals surface area contributed by atoms with Crippen molar-refractivity contribution in [3.05, 3.63) is 60.2 Å². The second kappa shape index (κ2) is 8.33. The number of rotatable bonds is 4. The molecule has 0 aliphatic carbocycles. The zero-order valence-corrected chi connectivity index (χ0v) is 14.9. The molecule has 0 saturated carbocycles. The van der Waals surface area contributed by atoms with Crippen molar-refractivity contribution < 1.29 is 27.5 Å². The summed E-state index contributed by atoms with van der Waals surface area (Å²) in [6.07, 6.45) is -4.75. The zero-order valence-electron chi connectivity index (χ0n) is 14.9. The van der Waals surface area contributed by atoms with E-state index in [4.69, 9.17) is 4.74 Å². The number of alkyl halides is 3. The van der Waals surface area contributed by atoms with Crippen molar-refractivity contribution >= 4 is 17.5 Å². The highest BCUT2D eigenvalue weighted by Crippen LogP contribution is 2.32. The van der Waals surface area contributed by atoms with E-state index in [2.05, 4.69) is 0 Å². The van der Waals surface area contributed by atoms with Gasteiger partial charge in [-0.2, -0.15) is 13.2 Å². The van der Waals surface area contributed by atoms with Gasteiger partial charge in [0.05, 0.1) is 24.8 Å². The van der Waals surface area contributed by atoms with Gasteiger partial charge in [0.25, 0.3) is 0 Å². The molecule has 2 aromatic carbocycles. The minimum Gasteiger partial charge on any atom is -0.491 e. The largest absolute Gasteiger partial charge is 0.491 e. The molecule has 1 aliphatic heterocycles. The van der Waals surface area contributed by atoms with Gasteiger partial charge in [-0.05, 0) is 24.1 Å². The lowest BCUT2D eigenvalue weighted by atomic mass is 10.0. The Morgan fingerprint density at radius 3 is 2.46 bits per heavy atom. The summed E-state index contributed by atoms with van der Waals surface area (Å²) in [5.74, 6) is -1.92. The average molecular weight is 392 g/mol. The Balaban J connectivity index is 1.84. The van der Waals surface area contributed by atoms with Gasteiger partial charge in [-0.1, -0.05) is 42.5 Å². The van der Waals surface area contributed by atoms with E-state index in [1.54, 1.807) is 54.6 Å². The van der Waals surface area contributed by atoms with Gasteiger partial charge in [0.1, 0.15) is 5.75 Å². The number of amides is 2. The fourth-order valence-electron chi connectivity index (χ4n) is 3.05. The molecule has 2 aromatic rings. The smallest absolute Gasteiger partial charge is 0.471 e. The molecule has 0 bridgehead atoms. The number of hydrogen-bond acceptors (Lipinski definition) is 3. The topological polar surface area (TPSA) is 58.6 Å². The molecule has 0 spiro atoms. The van der Waals surface area contributed by atoms with Gasteiger partial charge in [0.15, 0.2) is 0 Å². The van der Waals surface area contributed by atoms with E-state index in [1.165, 1.54) is 4.90 Å². The van der Waals surface area contributed by atoms with Crippen LogP contribution in [0.4, 0.5) is 18.9 Å². The number of ether oxygens (including phenoxy) is 1. The van der Waals surface area contributed by atoms with E-state index in [9.17, 15) is 22.8 Å². The van der Waals surface area contributed by atoms with E-state index in [0.717, 1.165) is 0 Å². The van der Waals surface area contributed by atoms with Crippen LogP contribution in [0.3, 0.4) is 0 Å². The molecule has 28 heavy (non-hydrogen) atoms. The van der Waals surface area contributed by atoms with E-state index in [-0.39, 0.29) is 6.42 Å². The van der Waals surface area contributed by atoms with Gasteiger partial charge in [-0.3, -0.25) is 9.59 Å². The monoisotopic (exact) mass is 392 g/mol. The molecule has 0 saturated heterocycles. The minimum atomic E-state index is -5.03. The molecule has 148 valence electrons. The predicted molar refractivity (Wildman–Crippen MR) is 96.9 cm³/mol.